The number of hydrogen-bond donors (Lipinski definition) is 2. The average Bonchev–Trinajstić information content (AvgIpc) is 3.06. The van der Waals surface area contributed by atoms with Crippen molar-refractivity contribution >= 4 is 21.8 Å². The van der Waals surface area contributed by atoms with Crippen LogP contribution in [-0.4, -0.2) is 75.1 Å². The molecule has 3 N–H and O–H groups in total. The summed E-state index contributed by atoms with van der Waals surface area (Å²) in [6.45, 7) is 0.654. The smallest absolute Gasteiger partial charge is 0.259 e. The predicted molar refractivity (Wildman–Crippen MR) is 95.8 cm³/mol. The molecule has 1 aromatic carbocycles. The van der Waals surface area contributed by atoms with Crippen LogP contribution in [0.15, 0.2) is 24.3 Å². The molecule has 1 aromatic rings. The Labute approximate surface area is 153 Å². The number of hydrogen-bond acceptors (Lipinski definition) is 6. The Hall–Kier alpha value is -2.17. The van der Waals surface area contributed by atoms with Crippen molar-refractivity contribution in [3.63, 3.8) is 0 Å². The number of sulfonamides is 1. The maximum absolute atomic E-state index is 12.7. The normalized spacial score (nSPS) is 18.0. The van der Waals surface area contributed by atoms with Crippen molar-refractivity contribution in [2.75, 3.05) is 39.5 Å². The monoisotopic (exact) mass is 384 g/mol. The summed E-state index contributed by atoms with van der Waals surface area (Å²) in [5, 5.41) is 2.56. The van der Waals surface area contributed by atoms with Crippen LogP contribution in [0.25, 0.3) is 0 Å². The number of rotatable bonds is 7. The van der Waals surface area contributed by atoms with E-state index in [0.717, 1.165) is 16.1 Å². The average molecular weight is 384 g/mol. The summed E-state index contributed by atoms with van der Waals surface area (Å²) in [5.41, 5.74) is 6.12. The Kier molecular flexibility index (Phi) is 6.57. The second kappa shape index (κ2) is 8.47. The second-order valence-electron chi connectivity index (χ2n) is 5.94. The number of benzene rings is 1. The van der Waals surface area contributed by atoms with Crippen molar-refractivity contribution in [1.29, 1.82) is 0 Å². The minimum atomic E-state index is -3.64. The van der Waals surface area contributed by atoms with Gasteiger partial charge < -0.3 is 20.7 Å². The highest BCUT2D eigenvalue weighted by Gasteiger charge is 2.44. The summed E-state index contributed by atoms with van der Waals surface area (Å²) >= 11 is 0. The fourth-order valence-electron chi connectivity index (χ4n) is 2.79. The molecule has 0 aromatic heterocycles. The van der Waals surface area contributed by atoms with Gasteiger partial charge in [-0.3, -0.25) is 9.59 Å². The van der Waals surface area contributed by atoms with Gasteiger partial charge in [0.15, 0.2) is 6.17 Å². The summed E-state index contributed by atoms with van der Waals surface area (Å²) in [6, 6.07) is 6.98. The maximum atomic E-state index is 12.7. The number of carbonyl (C=O) groups is 2. The number of nitrogens with zero attached hydrogens (tertiary/aromatic N) is 2. The van der Waals surface area contributed by atoms with Crippen LogP contribution in [0, 0.1) is 0 Å². The van der Waals surface area contributed by atoms with Gasteiger partial charge in [0.25, 0.3) is 5.91 Å². The van der Waals surface area contributed by atoms with Gasteiger partial charge in [-0.2, -0.15) is 4.31 Å². The van der Waals surface area contributed by atoms with Crippen molar-refractivity contribution < 1.29 is 22.7 Å². The van der Waals surface area contributed by atoms with Crippen LogP contribution in [0.2, 0.25) is 0 Å². The number of nitrogens with two attached hydrogens (primary N) is 1. The molecule has 0 aliphatic carbocycles. The lowest BCUT2D eigenvalue weighted by Crippen LogP contribution is -2.54. The molecule has 0 spiro atoms. The highest BCUT2D eigenvalue weighted by molar-refractivity contribution is 7.88. The third kappa shape index (κ3) is 4.71. The van der Waals surface area contributed by atoms with Crippen LogP contribution in [0.3, 0.4) is 0 Å². The second-order valence-corrected chi connectivity index (χ2v) is 7.87. The van der Waals surface area contributed by atoms with E-state index in [0.29, 0.717) is 5.75 Å². The van der Waals surface area contributed by atoms with Gasteiger partial charge in [-0.05, 0) is 17.7 Å². The standard InChI is InChI=1S/C16H24N4O5S/c1-25-13-5-3-12(4-6-13)11-14(21)19-9-10-20(26(2,23)24)16(19)15(22)18-8-7-17/h3-6,16H,7-11,17H2,1-2H3,(H,18,22). The van der Waals surface area contributed by atoms with E-state index in [1.807, 2.05) is 0 Å². The molecule has 1 fully saturated rings. The Morgan fingerprint density at radius 3 is 2.46 bits per heavy atom. The topological polar surface area (TPSA) is 122 Å². The van der Waals surface area contributed by atoms with E-state index in [1.54, 1.807) is 31.4 Å². The van der Waals surface area contributed by atoms with E-state index >= 15 is 0 Å². The lowest BCUT2D eigenvalue weighted by Gasteiger charge is -2.28. The molecular weight excluding hydrogens is 360 g/mol. The molecule has 1 saturated heterocycles. The third-order valence-corrected chi connectivity index (χ3v) is 5.30. The van der Waals surface area contributed by atoms with Crippen LogP contribution >= 0.6 is 0 Å². The summed E-state index contributed by atoms with van der Waals surface area (Å²) in [5.74, 6) is -0.208. The molecule has 9 nitrogen and oxygen atoms in total. The molecule has 0 bridgehead atoms. The first-order valence-electron chi connectivity index (χ1n) is 8.15. The molecule has 1 unspecified atom stereocenters. The summed E-state index contributed by atoms with van der Waals surface area (Å²) < 4.78 is 30.1. The van der Waals surface area contributed by atoms with Gasteiger partial charge in [0.2, 0.25) is 15.9 Å². The number of carbonyl (C=O) groups excluding carboxylic acids is 2. The molecular formula is C16H24N4O5S. The Morgan fingerprint density at radius 2 is 1.92 bits per heavy atom. The molecule has 2 amide bonds. The summed E-state index contributed by atoms with van der Waals surface area (Å²) in [7, 11) is -2.09. The maximum Gasteiger partial charge on any atom is 0.259 e. The Balaban J connectivity index is 2.18. The first-order chi connectivity index (χ1) is 12.3. The highest BCUT2D eigenvalue weighted by atomic mass is 32.2. The fraction of sp³-hybridized carbons (Fsp3) is 0.500. The van der Waals surface area contributed by atoms with Crippen molar-refractivity contribution in [2.45, 2.75) is 12.6 Å². The molecule has 26 heavy (non-hydrogen) atoms. The first kappa shape index (κ1) is 20.1. The van der Waals surface area contributed by atoms with Gasteiger partial charge in [0, 0.05) is 26.2 Å². The van der Waals surface area contributed by atoms with E-state index in [4.69, 9.17) is 10.5 Å². The zero-order valence-electron chi connectivity index (χ0n) is 14.8. The van der Waals surface area contributed by atoms with Crippen molar-refractivity contribution in [2.24, 2.45) is 5.73 Å². The fourth-order valence-corrected chi connectivity index (χ4v) is 3.78. The lowest BCUT2D eigenvalue weighted by atomic mass is 10.1. The van der Waals surface area contributed by atoms with Gasteiger partial charge in [-0.15, -0.1) is 0 Å². The van der Waals surface area contributed by atoms with Gasteiger partial charge in [-0.1, -0.05) is 12.1 Å². The number of amides is 2. The zero-order valence-corrected chi connectivity index (χ0v) is 15.7. The molecule has 1 atom stereocenters. The molecule has 1 aliphatic rings. The number of ether oxygens (including phenoxy) is 1. The first-order valence-corrected chi connectivity index (χ1v) is 9.99. The van der Waals surface area contributed by atoms with Gasteiger partial charge >= 0.3 is 0 Å². The zero-order chi connectivity index (χ0) is 19.3. The van der Waals surface area contributed by atoms with Crippen molar-refractivity contribution in [3.8, 4) is 5.75 Å². The molecule has 144 valence electrons. The minimum Gasteiger partial charge on any atom is -0.497 e. The lowest BCUT2D eigenvalue weighted by molar-refractivity contribution is -0.140. The van der Waals surface area contributed by atoms with Crippen LogP contribution in [0.5, 0.6) is 5.75 Å². The van der Waals surface area contributed by atoms with E-state index < -0.39 is 22.1 Å². The Morgan fingerprint density at radius 1 is 1.27 bits per heavy atom. The summed E-state index contributed by atoms with van der Waals surface area (Å²) in [4.78, 5) is 26.4. The van der Waals surface area contributed by atoms with Crippen LogP contribution in [-0.2, 0) is 26.0 Å². The largest absolute Gasteiger partial charge is 0.497 e. The molecule has 10 heteroatoms. The molecule has 1 aliphatic heterocycles. The molecule has 0 saturated carbocycles. The number of methoxy groups -OCH3 is 1. The highest BCUT2D eigenvalue weighted by Crippen LogP contribution is 2.20. The minimum absolute atomic E-state index is 0.0578. The van der Waals surface area contributed by atoms with E-state index in [2.05, 4.69) is 5.32 Å². The molecule has 1 heterocycles. The van der Waals surface area contributed by atoms with E-state index in [-0.39, 0.29) is 38.5 Å². The number of nitrogens with one attached hydrogen (secondary N) is 1. The predicted octanol–water partition coefficient (Wildman–Crippen LogP) is -1.26. The Bertz CT molecular complexity index is 750. The quantitative estimate of drug-likeness (QED) is 0.605. The van der Waals surface area contributed by atoms with E-state index in [1.165, 1.54) is 4.90 Å². The van der Waals surface area contributed by atoms with Crippen molar-refractivity contribution in [3.05, 3.63) is 29.8 Å². The van der Waals surface area contributed by atoms with Crippen LogP contribution in [0.1, 0.15) is 5.56 Å². The molecule has 0 radical (unpaired) electrons. The van der Waals surface area contributed by atoms with Gasteiger partial charge in [0.1, 0.15) is 5.75 Å². The summed E-state index contributed by atoms with van der Waals surface area (Å²) in [6.07, 6.45) is -0.113. The van der Waals surface area contributed by atoms with Crippen LogP contribution in [0.4, 0.5) is 0 Å². The van der Waals surface area contributed by atoms with Crippen molar-refractivity contribution in [1.82, 2.24) is 14.5 Å². The van der Waals surface area contributed by atoms with Crippen LogP contribution < -0.4 is 15.8 Å². The third-order valence-electron chi connectivity index (χ3n) is 4.07. The van der Waals surface area contributed by atoms with Gasteiger partial charge in [-0.25, -0.2) is 8.42 Å². The SMILES string of the molecule is COc1ccc(CC(=O)N2CCN(S(C)(=O)=O)C2C(=O)NCCN)cc1. The molecule has 2 rings (SSSR count). The van der Waals surface area contributed by atoms with Gasteiger partial charge in [0.05, 0.1) is 19.8 Å². The van der Waals surface area contributed by atoms with E-state index in [9.17, 15) is 18.0 Å².